The topological polar surface area (TPSA) is 18.5 Å². The summed E-state index contributed by atoms with van der Waals surface area (Å²) in [6, 6.07) is 10.4. The lowest BCUT2D eigenvalue weighted by Crippen LogP contribution is -2.11. The van der Waals surface area contributed by atoms with Crippen molar-refractivity contribution in [1.29, 1.82) is 0 Å². The summed E-state index contributed by atoms with van der Waals surface area (Å²) >= 11 is 0. The van der Waals surface area contributed by atoms with E-state index >= 15 is 0 Å². The van der Waals surface area contributed by atoms with Crippen LogP contribution in [0.25, 0.3) is 0 Å². The highest BCUT2D eigenvalue weighted by Crippen LogP contribution is 2.07. The molecular formula is C18H30O2. The molecule has 0 radical (unpaired) electrons. The van der Waals surface area contributed by atoms with Gasteiger partial charge in [-0.1, -0.05) is 57.0 Å². The van der Waals surface area contributed by atoms with Crippen molar-refractivity contribution in [2.75, 3.05) is 13.2 Å². The van der Waals surface area contributed by atoms with Gasteiger partial charge in [0.25, 0.3) is 0 Å². The summed E-state index contributed by atoms with van der Waals surface area (Å²) in [6.07, 6.45) is 7.53. The molecule has 0 unspecified atom stereocenters. The van der Waals surface area contributed by atoms with Gasteiger partial charge in [0.15, 0.2) is 0 Å². The number of hydrogen-bond acceptors (Lipinski definition) is 2. The molecule has 0 aliphatic heterocycles. The van der Waals surface area contributed by atoms with Gasteiger partial charge in [0.1, 0.15) is 0 Å². The Kier molecular flexibility index (Phi) is 10.3. The van der Waals surface area contributed by atoms with Crippen molar-refractivity contribution in [2.24, 2.45) is 0 Å². The third kappa shape index (κ3) is 8.34. The smallest absolute Gasteiger partial charge is 0.0716 e. The second-order valence-corrected chi connectivity index (χ2v) is 5.26. The van der Waals surface area contributed by atoms with E-state index in [1.165, 1.54) is 24.8 Å². The number of ether oxygens (including phenoxy) is 2. The highest BCUT2D eigenvalue weighted by Gasteiger charge is 2.01. The van der Waals surface area contributed by atoms with Crippen molar-refractivity contribution >= 4 is 0 Å². The van der Waals surface area contributed by atoms with Crippen LogP contribution >= 0.6 is 0 Å². The van der Waals surface area contributed by atoms with Crippen LogP contribution in [-0.4, -0.2) is 19.3 Å². The first-order valence-corrected chi connectivity index (χ1v) is 8.10. The van der Waals surface area contributed by atoms with Crippen molar-refractivity contribution in [1.82, 2.24) is 0 Å². The van der Waals surface area contributed by atoms with E-state index in [1.54, 1.807) is 0 Å². The van der Waals surface area contributed by atoms with Crippen LogP contribution in [0.5, 0.6) is 0 Å². The van der Waals surface area contributed by atoms with Crippen molar-refractivity contribution in [3.8, 4) is 0 Å². The molecule has 0 aliphatic carbocycles. The molecule has 20 heavy (non-hydrogen) atoms. The number of hydrogen-bond donors (Lipinski definition) is 0. The average molecular weight is 278 g/mol. The largest absolute Gasteiger partial charge is 0.378 e. The molecule has 0 aromatic heterocycles. The Hall–Kier alpha value is -0.860. The first-order valence-electron chi connectivity index (χ1n) is 8.10. The monoisotopic (exact) mass is 278 g/mol. The fraction of sp³-hybridized carbons (Fsp3) is 0.667. The molecule has 0 heterocycles. The molecule has 0 bridgehead atoms. The second kappa shape index (κ2) is 11.9. The standard InChI is InChI=1S/C18H30O2/c1-3-18(4-2)20-15-11-6-5-10-14-19-16-17-12-8-7-9-13-17/h7-9,12-13,18H,3-6,10-11,14-16H2,1-2H3. The molecule has 0 N–H and O–H groups in total. The summed E-state index contributed by atoms with van der Waals surface area (Å²) in [6.45, 7) is 6.90. The Balaban J connectivity index is 1.85. The summed E-state index contributed by atoms with van der Waals surface area (Å²) < 4.78 is 11.5. The molecule has 0 fully saturated rings. The van der Waals surface area contributed by atoms with E-state index in [4.69, 9.17) is 9.47 Å². The van der Waals surface area contributed by atoms with Crippen LogP contribution in [0.1, 0.15) is 57.9 Å². The van der Waals surface area contributed by atoms with E-state index in [-0.39, 0.29) is 0 Å². The van der Waals surface area contributed by atoms with Gasteiger partial charge in [0.05, 0.1) is 12.7 Å². The van der Waals surface area contributed by atoms with Crippen molar-refractivity contribution in [3.63, 3.8) is 0 Å². The first kappa shape index (κ1) is 17.2. The van der Waals surface area contributed by atoms with E-state index < -0.39 is 0 Å². The summed E-state index contributed by atoms with van der Waals surface area (Å²) in [5.41, 5.74) is 1.26. The third-order valence-corrected chi connectivity index (χ3v) is 3.56. The minimum atomic E-state index is 0.462. The Bertz CT molecular complexity index is 306. The van der Waals surface area contributed by atoms with E-state index in [9.17, 15) is 0 Å². The van der Waals surface area contributed by atoms with Crippen LogP contribution in [0, 0.1) is 0 Å². The summed E-state index contributed by atoms with van der Waals surface area (Å²) in [5.74, 6) is 0. The van der Waals surface area contributed by atoms with E-state index in [2.05, 4.69) is 38.1 Å². The predicted molar refractivity (Wildman–Crippen MR) is 84.9 cm³/mol. The molecule has 1 aromatic rings. The normalized spacial score (nSPS) is 11.2. The van der Waals surface area contributed by atoms with Crippen LogP contribution < -0.4 is 0 Å². The van der Waals surface area contributed by atoms with E-state index in [1.807, 2.05) is 6.07 Å². The van der Waals surface area contributed by atoms with Gasteiger partial charge >= 0.3 is 0 Å². The number of rotatable bonds is 12. The SMILES string of the molecule is CCC(CC)OCCCCCCOCc1ccccc1. The molecule has 2 heteroatoms. The Morgan fingerprint density at radius 1 is 0.850 bits per heavy atom. The first-order chi connectivity index (χ1) is 9.86. The maximum atomic E-state index is 5.79. The number of unbranched alkanes of at least 4 members (excludes halogenated alkanes) is 3. The van der Waals surface area contributed by atoms with Gasteiger partial charge in [-0.05, 0) is 31.2 Å². The van der Waals surface area contributed by atoms with Crippen LogP contribution in [0.2, 0.25) is 0 Å². The molecule has 1 rings (SSSR count). The number of benzene rings is 1. The minimum absolute atomic E-state index is 0.462. The van der Waals surface area contributed by atoms with Crippen LogP contribution in [-0.2, 0) is 16.1 Å². The maximum absolute atomic E-state index is 5.79. The van der Waals surface area contributed by atoms with Gasteiger partial charge in [-0.15, -0.1) is 0 Å². The molecular weight excluding hydrogens is 248 g/mol. The van der Waals surface area contributed by atoms with Crippen molar-refractivity contribution < 1.29 is 9.47 Å². The van der Waals surface area contributed by atoms with Gasteiger partial charge in [-0.3, -0.25) is 0 Å². The van der Waals surface area contributed by atoms with E-state index in [0.717, 1.165) is 39.1 Å². The lowest BCUT2D eigenvalue weighted by Gasteiger charge is -2.13. The molecule has 0 atom stereocenters. The predicted octanol–water partition coefficient (Wildman–Crippen LogP) is 4.97. The fourth-order valence-electron chi connectivity index (χ4n) is 2.20. The van der Waals surface area contributed by atoms with Gasteiger partial charge in [0, 0.05) is 13.2 Å². The average Bonchev–Trinajstić information content (AvgIpc) is 2.50. The fourth-order valence-corrected chi connectivity index (χ4v) is 2.20. The molecule has 114 valence electrons. The quantitative estimate of drug-likeness (QED) is 0.503. The van der Waals surface area contributed by atoms with Gasteiger partial charge in [-0.25, -0.2) is 0 Å². The molecule has 0 spiro atoms. The highest BCUT2D eigenvalue weighted by atomic mass is 16.5. The molecule has 2 nitrogen and oxygen atoms in total. The van der Waals surface area contributed by atoms with Crippen LogP contribution in [0.15, 0.2) is 30.3 Å². The molecule has 0 saturated carbocycles. The molecule has 0 amide bonds. The maximum Gasteiger partial charge on any atom is 0.0716 e. The van der Waals surface area contributed by atoms with Crippen LogP contribution in [0.4, 0.5) is 0 Å². The highest BCUT2D eigenvalue weighted by molar-refractivity contribution is 5.13. The van der Waals surface area contributed by atoms with E-state index in [0.29, 0.717) is 6.10 Å². The molecule has 0 aliphatic rings. The van der Waals surface area contributed by atoms with Gasteiger partial charge < -0.3 is 9.47 Å². The lowest BCUT2D eigenvalue weighted by molar-refractivity contribution is 0.0452. The van der Waals surface area contributed by atoms with Crippen LogP contribution in [0.3, 0.4) is 0 Å². The zero-order valence-electron chi connectivity index (χ0n) is 13.1. The van der Waals surface area contributed by atoms with Crippen molar-refractivity contribution in [2.45, 2.75) is 65.1 Å². The minimum Gasteiger partial charge on any atom is -0.378 e. The second-order valence-electron chi connectivity index (χ2n) is 5.26. The summed E-state index contributed by atoms with van der Waals surface area (Å²) in [4.78, 5) is 0. The van der Waals surface area contributed by atoms with Gasteiger partial charge in [-0.2, -0.15) is 0 Å². The van der Waals surface area contributed by atoms with Crippen molar-refractivity contribution in [3.05, 3.63) is 35.9 Å². The Labute approximate surface area is 124 Å². The zero-order valence-corrected chi connectivity index (χ0v) is 13.1. The van der Waals surface area contributed by atoms with Gasteiger partial charge in [0.2, 0.25) is 0 Å². The lowest BCUT2D eigenvalue weighted by atomic mass is 10.2. The summed E-state index contributed by atoms with van der Waals surface area (Å²) in [5, 5.41) is 0. The Morgan fingerprint density at radius 3 is 2.15 bits per heavy atom. The Morgan fingerprint density at radius 2 is 1.50 bits per heavy atom. The summed E-state index contributed by atoms with van der Waals surface area (Å²) in [7, 11) is 0. The zero-order chi connectivity index (χ0) is 14.5. The molecule has 1 aromatic carbocycles. The third-order valence-electron chi connectivity index (χ3n) is 3.56. The molecule has 0 saturated heterocycles.